The van der Waals surface area contributed by atoms with Gasteiger partial charge < -0.3 is 4.74 Å². The molecular formula is C16H12ClN3O3. The van der Waals surface area contributed by atoms with Crippen molar-refractivity contribution in [2.45, 2.75) is 0 Å². The van der Waals surface area contributed by atoms with E-state index in [0.717, 1.165) is 11.1 Å². The Labute approximate surface area is 136 Å². The zero-order chi connectivity index (χ0) is 16.4. The Kier molecular flexibility index (Phi) is 3.99. The Hall–Kier alpha value is -2.86. The molecule has 0 amide bonds. The van der Waals surface area contributed by atoms with Crippen LogP contribution in [0.5, 0.6) is 5.75 Å². The molecule has 3 rings (SSSR count). The highest BCUT2D eigenvalue weighted by Gasteiger charge is 2.18. The van der Waals surface area contributed by atoms with E-state index in [0.29, 0.717) is 16.3 Å². The van der Waals surface area contributed by atoms with Gasteiger partial charge in [-0.25, -0.2) is 0 Å². The zero-order valence-electron chi connectivity index (χ0n) is 12.1. The van der Waals surface area contributed by atoms with E-state index in [4.69, 9.17) is 16.3 Å². The average molecular weight is 330 g/mol. The Morgan fingerprint density at radius 3 is 2.74 bits per heavy atom. The van der Waals surface area contributed by atoms with E-state index < -0.39 is 4.92 Å². The highest BCUT2D eigenvalue weighted by molar-refractivity contribution is 6.30. The third kappa shape index (κ3) is 2.89. The monoisotopic (exact) mass is 329 g/mol. The molecule has 0 aliphatic rings. The van der Waals surface area contributed by atoms with Gasteiger partial charge in [-0.1, -0.05) is 29.8 Å². The average Bonchev–Trinajstić information content (AvgIpc) is 3.03. The van der Waals surface area contributed by atoms with Crippen LogP contribution in [0.25, 0.3) is 22.4 Å². The van der Waals surface area contributed by atoms with Crippen LogP contribution in [0.1, 0.15) is 0 Å². The molecule has 0 radical (unpaired) electrons. The van der Waals surface area contributed by atoms with Gasteiger partial charge in [-0.05, 0) is 23.8 Å². The lowest BCUT2D eigenvalue weighted by Crippen LogP contribution is -1.94. The van der Waals surface area contributed by atoms with Crippen molar-refractivity contribution < 1.29 is 9.66 Å². The molecule has 1 heterocycles. The third-order valence-electron chi connectivity index (χ3n) is 3.42. The lowest BCUT2D eigenvalue weighted by atomic mass is 10.0. The largest absolute Gasteiger partial charge is 0.490 e. The van der Waals surface area contributed by atoms with Crippen LogP contribution in [0, 0.1) is 10.1 Å². The number of nitrogens with zero attached hydrogens (tertiary/aromatic N) is 2. The van der Waals surface area contributed by atoms with E-state index in [1.54, 1.807) is 30.5 Å². The molecule has 1 aromatic heterocycles. The van der Waals surface area contributed by atoms with E-state index >= 15 is 0 Å². The van der Waals surface area contributed by atoms with E-state index in [-0.39, 0.29) is 11.4 Å². The lowest BCUT2D eigenvalue weighted by Gasteiger charge is -2.06. The van der Waals surface area contributed by atoms with Crippen LogP contribution in [-0.2, 0) is 0 Å². The third-order valence-corrected chi connectivity index (χ3v) is 3.66. The van der Waals surface area contributed by atoms with Crippen molar-refractivity contribution in [2.75, 3.05) is 7.11 Å². The molecule has 0 aliphatic heterocycles. The number of nitro benzene ring substituents is 1. The molecule has 0 atom stereocenters. The molecule has 116 valence electrons. The molecule has 0 saturated heterocycles. The van der Waals surface area contributed by atoms with Crippen LogP contribution in [0.2, 0.25) is 5.02 Å². The zero-order valence-corrected chi connectivity index (χ0v) is 12.9. The number of rotatable bonds is 4. The molecule has 0 aliphatic carbocycles. The number of halogens is 1. The van der Waals surface area contributed by atoms with Crippen LogP contribution in [0.4, 0.5) is 5.69 Å². The lowest BCUT2D eigenvalue weighted by molar-refractivity contribution is -0.385. The second kappa shape index (κ2) is 6.10. The summed E-state index contributed by atoms with van der Waals surface area (Å²) in [6.07, 6.45) is 1.70. The van der Waals surface area contributed by atoms with Crippen molar-refractivity contribution in [3.8, 4) is 28.1 Å². The summed E-state index contributed by atoms with van der Waals surface area (Å²) in [6, 6.07) is 12.1. The normalized spacial score (nSPS) is 10.5. The molecule has 6 nitrogen and oxygen atoms in total. The van der Waals surface area contributed by atoms with E-state index in [2.05, 4.69) is 10.2 Å². The molecule has 0 bridgehead atoms. The summed E-state index contributed by atoms with van der Waals surface area (Å²) >= 11 is 6.02. The Morgan fingerprint density at radius 2 is 2.04 bits per heavy atom. The number of hydrogen-bond acceptors (Lipinski definition) is 4. The smallest absolute Gasteiger partial charge is 0.311 e. The number of nitro groups is 1. The molecule has 0 fully saturated rings. The molecule has 23 heavy (non-hydrogen) atoms. The summed E-state index contributed by atoms with van der Waals surface area (Å²) in [7, 11) is 1.40. The van der Waals surface area contributed by atoms with Crippen LogP contribution in [0.15, 0.2) is 48.7 Å². The summed E-state index contributed by atoms with van der Waals surface area (Å²) in [5.41, 5.74) is 2.82. The van der Waals surface area contributed by atoms with Crippen LogP contribution >= 0.6 is 11.6 Å². The fourth-order valence-electron chi connectivity index (χ4n) is 2.37. The van der Waals surface area contributed by atoms with Gasteiger partial charge in [0, 0.05) is 28.4 Å². The molecule has 1 N–H and O–H groups in total. The molecule has 0 saturated carbocycles. The summed E-state index contributed by atoms with van der Waals surface area (Å²) < 4.78 is 5.03. The van der Waals surface area contributed by atoms with Gasteiger partial charge in [-0.15, -0.1) is 0 Å². The first-order valence-corrected chi connectivity index (χ1v) is 7.10. The second-order valence-corrected chi connectivity index (χ2v) is 5.24. The van der Waals surface area contributed by atoms with E-state index in [1.165, 1.54) is 13.2 Å². The Morgan fingerprint density at radius 1 is 1.22 bits per heavy atom. The summed E-state index contributed by atoms with van der Waals surface area (Å²) in [4.78, 5) is 10.7. The number of aromatic nitrogens is 2. The number of ether oxygens (including phenoxy) is 1. The molecule has 7 heteroatoms. The topological polar surface area (TPSA) is 81.0 Å². The fraction of sp³-hybridized carbons (Fsp3) is 0.0625. The van der Waals surface area contributed by atoms with Crippen LogP contribution in [0.3, 0.4) is 0 Å². The minimum absolute atomic E-state index is 0.0942. The van der Waals surface area contributed by atoms with Gasteiger partial charge in [0.1, 0.15) is 0 Å². The van der Waals surface area contributed by atoms with E-state index in [1.807, 2.05) is 12.1 Å². The van der Waals surface area contributed by atoms with Gasteiger partial charge in [0.25, 0.3) is 0 Å². The van der Waals surface area contributed by atoms with Crippen LogP contribution in [-0.4, -0.2) is 22.2 Å². The number of benzene rings is 2. The number of aromatic amines is 1. The number of nitrogens with one attached hydrogen (secondary N) is 1. The molecule has 3 aromatic rings. The Balaban J connectivity index is 2.12. The van der Waals surface area contributed by atoms with Crippen molar-refractivity contribution in [1.29, 1.82) is 0 Å². The standard InChI is InChI=1S/C16H12ClN3O3/c1-23-15-6-5-10(8-14(15)20(21)22)13-9-18-19-16(13)11-3-2-4-12(17)7-11/h2-9H,1H3,(H,18,19). The highest BCUT2D eigenvalue weighted by atomic mass is 35.5. The van der Waals surface area contributed by atoms with Crippen molar-refractivity contribution in [2.24, 2.45) is 0 Å². The van der Waals surface area contributed by atoms with Gasteiger partial charge in [0.15, 0.2) is 5.75 Å². The quantitative estimate of drug-likeness (QED) is 0.571. The first-order chi connectivity index (χ1) is 11.1. The maximum absolute atomic E-state index is 11.2. The van der Waals surface area contributed by atoms with Gasteiger partial charge in [0.05, 0.1) is 17.7 Å². The summed E-state index contributed by atoms with van der Waals surface area (Å²) in [5, 5.41) is 18.8. The van der Waals surface area contributed by atoms with Gasteiger partial charge in [0.2, 0.25) is 0 Å². The van der Waals surface area contributed by atoms with Gasteiger partial charge in [-0.2, -0.15) is 5.10 Å². The second-order valence-electron chi connectivity index (χ2n) is 4.80. The maximum atomic E-state index is 11.2. The summed E-state index contributed by atoms with van der Waals surface area (Å²) in [6.45, 7) is 0. The van der Waals surface area contributed by atoms with Crippen molar-refractivity contribution in [3.63, 3.8) is 0 Å². The van der Waals surface area contributed by atoms with Gasteiger partial charge in [-0.3, -0.25) is 15.2 Å². The molecular weight excluding hydrogens is 318 g/mol. The molecule has 0 spiro atoms. The fourth-order valence-corrected chi connectivity index (χ4v) is 2.56. The number of hydrogen-bond donors (Lipinski definition) is 1. The number of H-pyrrole nitrogens is 1. The predicted molar refractivity (Wildman–Crippen MR) is 87.7 cm³/mol. The van der Waals surface area contributed by atoms with Crippen molar-refractivity contribution in [1.82, 2.24) is 10.2 Å². The van der Waals surface area contributed by atoms with Crippen LogP contribution < -0.4 is 4.74 Å². The van der Waals surface area contributed by atoms with Gasteiger partial charge >= 0.3 is 5.69 Å². The van der Waals surface area contributed by atoms with E-state index in [9.17, 15) is 10.1 Å². The highest BCUT2D eigenvalue weighted by Crippen LogP contribution is 2.36. The van der Waals surface area contributed by atoms with Crippen molar-refractivity contribution >= 4 is 17.3 Å². The first kappa shape index (κ1) is 15.1. The molecule has 0 unspecified atom stereocenters. The SMILES string of the molecule is COc1ccc(-c2c[nH]nc2-c2cccc(Cl)c2)cc1[N+](=O)[O-]. The maximum Gasteiger partial charge on any atom is 0.311 e. The number of methoxy groups -OCH3 is 1. The first-order valence-electron chi connectivity index (χ1n) is 6.72. The minimum Gasteiger partial charge on any atom is -0.490 e. The summed E-state index contributed by atoms with van der Waals surface area (Å²) in [5.74, 6) is 0.214. The van der Waals surface area contributed by atoms with Crippen molar-refractivity contribution in [3.05, 3.63) is 63.8 Å². The molecule has 2 aromatic carbocycles. The Bertz CT molecular complexity index is 877. The minimum atomic E-state index is -0.471. The predicted octanol–water partition coefficient (Wildman–Crippen LogP) is 4.31.